The number of likely N-dealkylation sites (tertiary alicyclic amines) is 2. The Hall–Kier alpha value is -2.37. The van der Waals surface area contributed by atoms with E-state index in [2.05, 4.69) is 9.80 Å². The zero-order chi connectivity index (χ0) is 29.3. The lowest BCUT2D eigenvalue weighted by Gasteiger charge is -2.35. The summed E-state index contributed by atoms with van der Waals surface area (Å²) in [6.45, 7) is 3.39. The number of benzene rings is 2. The van der Waals surface area contributed by atoms with Crippen molar-refractivity contribution in [1.29, 1.82) is 0 Å². The van der Waals surface area contributed by atoms with Gasteiger partial charge in [0.25, 0.3) is 0 Å². The molecule has 41 heavy (non-hydrogen) atoms. The van der Waals surface area contributed by atoms with E-state index < -0.39 is 51.0 Å². The Bertz CT molecular complexity index is 1260. The fourth-order valence-corrected chi connectivity index (χ4v) is 7.80. The topological polar surface area (TPSA) is 60.9 Å². The lowest BCUT2D eigenvalue weighted by Crippen LogP contribution is -2.42. The SMILES string of the molecule is O=C(O)[C@@H](CC1CC1)N1C[C@H](CN2CCC(CCS(=O)c3c(F)c(F)cc(F)c3F)CC2)[C@@H](c2cccc(F)c2)C1. The van der Waals surface area contributed by atoms with E-state index in [1.165, 1.54) is 6.07 Å². The van der Waals surface area contributed by atoms with Crippen LogP contribution < -0.4 is 0 Å². The Balaban J connectivity index is 1.18. The monoisotopic (exact) mass is 598 g/mol. The van der Waals surface area contributed by atoms with Crippen molar-refractivity contribution in [2.45, 2.75) is 55.4 Å². The highest BCUT2D eigenvalue weighted by molar-refractivity contribution is 7.85. The molecule has 3 fully saturated rings. The number of carboxylic acid groups (broad SMARTS) is 1. The van der Waals surface area contributed by atoms with Crippen LogP contribution in [0.25, 0.3) is 0 Å². The average Bonchev–Trinajstić information content (AvgIpc) is 3.68. The van der Waals surface area contributed by atoms with Crippen LogP contribution >= 0.6 is 0 Å². The van der Waals surface area contributed by atoms with Gasteiger partial charge in [0.05, 0.1) is 10.8 Å². The van der Waals surface area contributed by atoms with Gasteiger partial charge >= 0.3 is 5.97 Å². The summed E-state index contributed by atoms with van der Waals surface area (Å²) >= 11 is 0. The Morgan fingerprint density at radius 1 is 0.951 bits per heavy atom. The van der Waals surface area contributed by atoms with Crippen LogP contribution in [0.1, 0.15) is 50.0 Å². The van der Waals surface area contributed by atoms with Gasteiger partial charge in [0, 0.05) is 37.4 Å². The van der Waals surface area contributed by atoms with Gasteiger partial charge in [-0.05, 0) is 74.2 Å². The second-order valence-corrected chi connectivity index (χ2v) is 13.3. The minimum atomic E-state index is -2.21. The Labute approximate surface area is 239 Å². The van der Waals surface area contributed by atoms with E-state index in [0.29, 0.717) is 31.8 Å². The van der Waals surface area contributed by atoms with Crippen LogP contribution in [0.2, 0.25) is 0 Å². The molecular formula is C30H35F5N2O3S. The zero-order valence-electron chi connectivity index (χ0n) is 22.7. The van der Waals surface area contributed by atoms with Crippen molar-refractivity contribution < 1.29 is 36.1 Å². The number of carboxylic acids is 1. The molecule has 3 aliphatic rings. The first kappa shape index (κ1) is 30.1. The highest BCUT2D eigenvalue weighted by Crippen LogP contribution is 2.40. The van der Waals surface area contributed by atoms with Gasteiger partial charge in [-0.2, -0.15) is 0 Å². The molecular weight excluding hydrogens is 563 g/mol. The molecule has 11 heteroatoms. The first-order chi connectivity index (χ1) is 19.6. The largest absolute Gasteiger partial charge is 0.480 e. The third-order valence-corrected chi connectivity index (χ3v) is 10.4. The fraction of sp³-hybridized carbons (Fsp3) is 0.567. The van der Waals surface area contributed by atoms with Crippen LogP contribution in [-0.2, 0) is 15.6 Å². The Morgan fingerprint density at radius 2 is 1.63 bits per heavy atom. The maximum absolute atomic E-state index is 14.1. The molecule has 0 radical (unpaired) electrons. The van der Waals surface area contributed by atoms with E-state index in [9.17, 15) is 36.1 Å². The number of halogens is 5. The first-order valence-electron chi connectivity index (χ1n) is 14.3. The molecule has 0 spiro atoms. The van der Waals surface area contributed by atoms with E-state index in [-0.39, 0.29) is 35.4 Å². The van der Waals surface area contributed by atoms with E-state index in [1.54, 1.807) is 12.1 Å². The van der Waals surface area contributed by atoms with E-state index >= 15 is 0 Å². The van der Waals surface area contributed by atoms with Crippen LogP contribution in [-0.4, -0.2) is 69.6 Å². The van der Waals surface area contributed by atoms with Crippen molar-refractivity contribution in [3.63, 3.8) is 0 Å². The molecule has 0 amide bonds. The molecule has 1 N–H and O–H groups in total. The maximum Gasteiger partial charge on any atom is 0.320 e. The minimum Gasteiger partial charge on any atom is -0.480 e. The third-order valence-electron chi connectivity index (χ3n) is 8.94. The van der Waals surface area contributed by atoms with E-state index in [4.69, 9.17) is 0 Å². The van der Waals surface area contributed by atoms with Crippen molar-refractivity contribution in [1.82, 2.24) is 9.80 Å². The molecule has 2 aromatic carbocycles. The summed E-state index contributed by atoms with van der Waals surface area (Å²) in [5, 5.41) is 9.96. The molecule has 2 saturated heterocycles. The van der Waals surface area contributed by atoms with Gasteiger partial charge in [-0.25, -0.2) is 22.0 Å². The molecule has 2 aromatic rings. The number of nitrogens with zero attached hydrogens (tertiary/aromatic N) is 2. The summed E-state index contributed by atoms with van der Waals surface area (Å²) in [4.78, 5) is 15.5. The van der Waals surface area contributed by atoms with Gasteiger partial charge in [0.1, 0.15) is 16.8 Å². The van der Waals surface area contributed by atoms with Crippen molar-refractivity contribution in [2.24, 2.45) is 17.8 Å². The van der Waals surface area contributed by atoms with Crippen LogP contribution in [0.15, 0.2) is 35.2 Å². The molecule has 0 aromatic heterocycles. The van der Waals surface area contributed by atoms with Crippen molar-refractivity contribution >= 4 is 16.8 Å². The smallest absolute Gasteiger partial charge is 0.320 e. The standard InChI is InChI=1S/C30H35F5N2O3S/c31-22-3-1-2-20(13-22)23-17-37(26(30(38)39)12-19-4-5-19)16-21(23)15-36-9-6-18(7-10-36)8-11-41(40)29-27(34)24(32)14-25(33)28(29)35/h1-3,13-14,18-19,21,23,26H,4-12,15-17H2,(H,38,39)/t21-,23+,26+,41?/m0/s1. The number of aliphatic carboxylic acids is 1. The number of hydrogen-bond donors (Lipinski definition) is 1. The molecule has 1 saturated carbocycles. The molecule has 0 bridgehead atoms. The lowest BCUT2D eigenvalue weighted by atomic mass is 9.87. The van der Waals surface area contributed by atoms with Gasteiger partial charge in [-0.3, -0.25) is 13.9 Å². The number of rotatable bonds is 11. The van der Waals surface area contributed by atoms with Gasteiger partial charge in [0.15, 0.2) is 23.3 Å². The zero-order valence-corrected chi connectivity index (χ0v) is 23.5. The summed E-state index contributed by atoms with van der Waals surface area (Å²) < 4.78 is 81.8. The number of piperidine rings is 1. The molecule has 4 atom stereocenters. The molecule has 1 unspecified atom stereocenters. The summed E-state index contributed by atoms with van der Waals surface area (Å²) in [7, 11) is -2.21. The van der Waals surface area contributed by atoms with Gasteiger partial charge < -0.3 is 10.0 Å². The number of hydrogen-bond acceptors (Lipinski definition) is 4. The van der Waals surface area contributed by atoms with Crippen LogP contribution in [0.4, 0.5) is 22.0 Å². The second kappa shape index (κ2) is 12.9. The Morgan fingerprint density at radius 3 is 2.24 bits per heavy atom. The number of carbonyl (C=O) groups is 1. The first-order valence-corrected chi connectivity index (χ1v) is 15.6. The lowest BCUT2D eigenvalue weighted by molar-refractivity contribution is -0.143. The summed E-state index contributed by atoms with van der Waals surface area (Å²) in [6.07, 6.45) is 4.71. The van der Waals surface area contributed by atoms with E-state index in [1.807, 2.05) is 6.07 Å². The molecule has 224 valence electrons. The van der Waals surface area contributed by atoms with Gasteiger partial charge in [-0.1, -0.05) is 25.0 Å². The third kappa shape index (κ3) is 7.17. The highest BCUT2D eigenvalue weighted by Gasteiger charge is 2.42. The van der Waals surface area contributed by atoms with Crippen molar-refractivity contribution in [2.75, 3.05) is 38.5 Å². The van der Waals surface area contributed by atoms with Crippen molar-refractivity contribution in [3.8, 4) is 0 Å². The predicted molar refractivity (Wildman–Crippen MR) is 144 cm³/mol. The Kier molecular flexibility index (Phi) is 9.45. The van der Waals surface area contributed by atoms with Gasteiger partial charge in [0.2, 0.25) is 0 Å². The average molecular weight is 599 g/mol. The molecule has 2 heterocycles. The quantitative estimate of drug-likeness (QED) is 0.271. The van der Waals surface area contributed by atoms with Gasteiger partial charge in [-0.15, -0.1) is 0 Å². The predicted octanol–water partition coefficient (Wildman–Crippen LogP) is 5.56. The maximum atomic E-state index is 14.1. The normalized spacial score (nSPS) is 24.0. The van der Waals surface area contributed by atoms with Crippen LogP contribution in [0.3, 0.4) is 0 Å². The summed E-state index contributed by atoms with van der Waals surface area (Å²) in [5.74, 6) is -6.85. The summed E-state index contributed by atoms with van der Waals surface area (Å²) in [6, 6.07) is 6.11. The van der Waals surface area contributed by atoms with Crippen molar-refractivity contribution in [3.05, 3.63) is 65.0 Å². The molecule has 2 aliphatic heterocycles. The highest BCUT2D eigenvalue weighted by atomic mass is 32.2. The summed E-state index contributed by atoms with van der Waals surface area (Å²) in [5.41, 5.74) is 0.874. The van der Waals surface area contributed by atoms with Crippen LogP contribution in [0, 0.1) is 46.8 Å². The molecule has 5 nitrogen and oxygen atoms in total. The fourth-order valence-electron chi connectivity index (χ4n) is 6.45. The van der Waals surface area contributed by atoms with Crippen LogP contribution in [0.5, 0.6) is 0 Å². The molecule has 1 aliphatic carbocycles. The van der Waals surface area contributed by atoms with E-state index in [0.717, 1.165) is 50.9 Å². The second-order valence-electron chi connectivity index (χ2n) is 11.8. The minimum absolute atomic E-state index is 0.00311. The molecule has 5 rings (SSSR count).